The van der Waals surface area contributed by atoms with Gasteiger partial charge in [-0.3, -0.25) is 9.59 Å². The molecule has 0 aromatic carbocycles. The van der Waals surface area contributed by atoms with Crippen molar-refractivity contribution in [1.82, 2.24) is 14.5 Å². The first-order valence-corrected chi connectivity index (χ1v) is 11.4. The van der Waals surface area contributed by atoms with Gasteiger partial charge in [0, 0.05) is 45.4 Å². The van der Waals surface area contributed by atoms with Gasteiger partial charge in [0.05, 0.1) is 17.2 Å². The number of nitrogens with zero attached hydrogens (tertiary/aromatic N) is 4. The Kier molecular flexibility index (Phi) is 7.33. The Morgan fingerprint density at radius 3 is 2.65 bits per heavy atom. The molecule has 0 N–H and O–H groups in total. The van der Waals surface area contributed by atoms with E-state index in [1.54, 1.807) is 28.4 Å². The van der Waals surface area contributed by atoms with E-state index in [2.05, 4.69) is 0 Å². The van der Waals surface area contributed by atoms with Crippen molar-refractivity contribution in [2.45, 2.75) is 39.7 Å². The molecule has 8 heteroatoms. The Hall–Kier alpha value is -2.45. The number of rotatable bonds is 8. The molecule has 3 heterocycles. The molecule has 31 heavy (non-hydrogen) atoms. The number of hydrogen-bond donors (Lipinski definition) is 0. The first-order chi connectivity index (χ1) is 14.7. The number of aryl methyl sites for hydroxylation is 1. The van der Waals surface area contributed by atoms with Crippen LogP contribution in [0.5, 0.6) is 0 Å². The standard InChI is InChI=1S/C23H32N4O3S/c1-23(2,3)15-21(28)26(11-12-30-5)16-22(29)27-19(18-8-6-10-25(18)4)14-17(24-27)20-9-7-13-31-20/h6-10,13,19H,11-12,14-16H2,1-5H3/t19-/m1/s1. The molecular weight excluding hydrogens is 412 g/mol. The van der Waals surface area contributed by atoms with Crippen LogP contribution in [0.1, 0.15) is 50.2 Å². The highest BCUT2D eigenvalue weighted by Gasteiger charge is 2.36. The van der Waals surface area contributed by atoms with Gasteiger partial charge in [0.2, 0.25) is 5.91 Å². The molecule has 2 aromatic heterocycles. The fourth-order valence-electron chi connectivity index (χ4n) is 3.68. The van der Waals surface area contributed by atoms with Crippen molar-refractivity contribution in [1.29, 1.82) is 0 Å². The van der Waals surface area contributed by atoms with E-state index in [9.17, 15) is 9.59 Å². The second-order valence-corrected chi connectivity index (χ2v) is 10.0. The van der Waals surface area contributed by atoms with E-state index >= 15 is 0 Å². The molecule has 0 spiro atoms. The number of ether oxygens (including phenoxy) is 1. The van der Waals surface area contributed by atoms with Gasteiger partial charge in [-0.25, -0.2) is 5.01 Å². The van der Waals surface area contributed by atoms with Gasteiger partial charge in [-0.2, -0.15) is 5.10 Å². The number of hydrazone groups is 1. The summed E-state index contributed by atoms with van der Waals surface area (Å²) >= 11 is 1.62. The first-order valence-electron chi connectivity index (χ1n) is 10.5. The van der Waals surface area contributed by atoms with Gasteiger partial charge in [0.25, 0.3) is 5.91 Å². The van der Waals surface area contributed by atoms with E-state index < -0.39 is 0 Å². The average molecular weight is 445 g/mol. The van der Waals surface area contributed by atoms with E-state index in [0.717, 1.165) is 16.3 Å². The van der Waals surface area contributed by atoms with E-state index in [-0.39, 0.29) is 29.8 Å². The highest BCUT2D eigenvalue weighted by atomic mass is 32.1. The highest BCUT2D eigenvalue weighted by Crippen LogP contribution is 2.34. The maximum absolute atomic E-state index is 13.4. The smallest absolute Gasteiger partial charge is 0.262 e. The fourth-order valence-corrected chi connectivity index (χ4v) is 4.40. The molecule has 0 bridgehead atoms. The van der Waals surface area contributed by atoms with Crippen molar-refractivity contribution in [3.05, 3.63) is 46.4 Å². The second-order valence-electron chi connectivity index (χ2n) is 9.07. The monoisotopic (exact) mass is 444 g/mol. The summed E-state index contributed by atoms with van der Waals surface area (Å²) in [5.74, 6) is -0.230. The van der Waals surface area contributed by atoms with Crippen LogP contribution in [0.4, 0.5) is 0 Å². The summed E-state index contributed by atoms with van der Waals surface area (Å²) in [5.41, 5.74) is 1.77. The molecule has 0 fully saturated rings. The average Bonchev–Trinajstić information content (AvgIpc) is 3.42. The Morgan fingerprint density at radius 1 is 1.29 bits per heavy atom. The number of carbonyl (C=O) groups is 2. The minimum atomic E-state index is -0.188. The molecule has 168 valence electrons. The summed E-state index contributed by atoms with van der Waals surface area (Å²) in [5, 5.41) is 8.28. The molecule has 3 rings (SSSR count). The third-order valence-electron chi connectivity index (χ3n) is 5.22. The zero-order chi connectivity index (χ0) is 22.6. The third kappa shape index (κ3) is 5.83. The number of thiophene rings is 1. The Balaban J connectivity index is 1.83. The quantitative estimate of drug-likeness (QED) is 0.624. The summed E-state index contributed by atoms with van der Waals surface area (Å²) in [7, 11) is 3.57. The lowest BCUT2D eigenvalue weighted by molar-refractivity contribution is -0.143. The third-order valence-corrected chi connectivity index (χ3v) is 6.14. The summed E-state index contributed by atoms with van der Waals surface area (Å²) in [6.07, 6.45) is 2.99. The molecule has 0 aliphatic carbocycles. The summed E-state index contributed by atoms with van der Waals surface area (Å²) in [6.45, 7) is 6.80. The maximum Gasteiger partial charge on any atom is 0.262 e. The summed E-state index contributed by atoms with van der Waals surface area (Å²) in [6, 6.07) is 7.82. The van der Waals surface area contributed by atoms with Crippen molar-refractivity contribution < 1.29 is 14.3 Å². The molecule has 0 unspecified atom stereocenters. The molecule has 7 nitrogen and oxygen atoms in total. The van der Waals surface area contributed by atoms with Crippen LogP contribution in [-0.4, -0.2) is 58.8 Å². The van der Waals surface area contributed by atoms with Crippen LogP contribution < -0.4 is 0 Å². The van der Waals surface area contributed by atoms with E-state index in [1.807, 2.05) is 68.2 Å². The van der Waals surface area contributed by atoms with Gasteiger partial charge < -0.3 is 14.2 Å². The minimum Gasteiger partial charge on any atom is -0.383 e. The lowest BCUT2D eigenvalue weighted by atomic mass is 9.91. The molecule has 1 aliphatic rings. The van der Waals surface area contributed by atoms with Crippen molar-refractivity contribution in [3.63, 3.8) is 0 Å². The largest absolute Gasteiger partial charge is 0.383 e. The Morgan fingerprint density at radius 2 is 2.06 bits per heavy atom. The normalized spacial score (nSPS) is 16.5. The number of amides is 2. The highest BCUT2D eigenvalue weighted by molar-refractivity contribution is 7.12. The van der Waals surface area contributed by atoms with Gasteiger partial charge in [-0.05, 0) is 29.0 Å². The lowest BCUT2D eigenvalue weighted by Gasteiger charge is -2.29. The zero-order valence-electron chi connectivity index (χ0n) is 19.0. The molecule has 0 saturated carbocycles. The SMILES string of the molecule is COCCN(CC(=O)N1N=C(c2cccs2)C[C@@H]1c1cccn1C)C(=O)CC(C)(C)C. The Labute approximate surface area is 188 Å². The van der Waals surface area contributed by atoms with Crippen LogP contribution in [-0.2, 0) is 21.4 Å². The molecule has 0 saturated heterocycles. The summed E-state index contributed by atoms with van der Waals surface area (Å²) in [4.78, 5) is 29.0. The van der Waals surface area contributed by atoms with Gasteiger partial charge in [-0.15, -0.1) is 11.3 Å². The van der Waals surface area contributed by atoms with E-state index in [0.29, 0.717) is 26.0 Å². The molecule has 1 atom stereocenters. The Bertz CT molecular complexity index is 927. The van der Waals surface area contributed by atoms with Gasteiger partial charge in [-0.1, -0.05) is 26.8 Å². The molecule has 0 radical (unpaired) electrons. The van der Waals surface area contributed by atoms with Gasteiger partial charge in [0.1, 0.15) is 12.6 Å². The number of hydrogen-bond acceptors (Lipinski definition) is 5. The van der Waals surface area contributed by atoms with Crippen LogP contribution >= 0.6 is 11.3 Å². The number of methoxy groups -OCH3 is 1. The predicted octanol–water partition coefficient (Wildman–Crippen LogP) is 3.68. The van der Waals surface area contributed by atoms with Crippen molar-refractivity contribution in [2.24, 2.45) is 17.6 Å². The second kappa shape index (κ2) is 9.78. The lowest BCUT2D eigenvalue weighted by Crippen LogP contribution is -2.43. The molecule has 2 aromatic rings. The zero-order valence-corrected chi connectivity index (χ0v) is 19.8. The fraction of sp³-hybridized carbons (Fsp3) is 0.522. The van der Waals surface area contributed by atoms with Crippen molar-refractivity contribution in [2.75, 3.05) is 26.8 Å². The predicted molar refractivity (Wildman–Crippen MR) is 123 cm³/mol. The topological polar surface area (TPSA) is 67.1 Å². The van der Waals surface area contributed by atoms with Gasteiger partial charge in [0.15, 0.2) is 0 Å². The maximum atomic E-state index is 13.4. The van der Waals surface area contributed by atoms with E-state index in [1.165, 1.54) is 0 Å². The molecule has 2 amide bonds. The van der Waals surface area contributed by atoms with Crippen LogP contribution in [0.3, 0.4) is 0 Å². The minimum absolute atomic E-state index is 0.0135. The summed E-state index contributed by atoms with van der Waals surface area (Å²) < 4.78 is 7.19. The van der Waals surface area contributed by atoms with Crippen LogP contribution in [0.15, 0.2) is 40.9 Å². The molecular formula is C23H32N4O3S. The van der Waals surface area contributed by atoms with Crippen molar-refractivity contribution in [3.8, 4) is 0 Å². The molecule has 1 aliphatic heterocycles. The van der Waals surface area contributed by atoms with Crippen LogP contribution in [0.25, 0.3) is 0 Å². The van der Waals surface area contributed by atoms with Crippen LogP contribution in [0.2, 0.25) is 0 Å². The number of aromatic nitrogens is 1. The van der Waals surface area contributed by atoms with E-state index in [4.69, 9.17) is 9.84 Å². The van der Waals surface area contributed by atoms with Gasteiger partial charge >= 0.3 is 0 Å². The first kappa shape index (κ1) is 23.2. The van der Waals surface area contributed by atoms with Crippen molar-refractivity contribution >= 4 is 28.9 Å². The van der Waals surface area contributed by atoms with Crippen LogP contribution in [0, 0.1) is 5.41 Å². The number of carbonyl (C=O) groups excluding carboxylic acids is 2.